The first-order valence-electron chi connectivity index (χ1n) is 9.11. The summed E-state index contributed by atoms with van der Waals surface area (Å²) < 4.78 is 0. The Kier molecular flexibility index (Phi) is 5.05. The summed E-state index contributed by atoms with van der Waals surface area (Å²) in [6.07, 6.45) is 5.60. The van der Waals surface area contributed by atoms with Crippen molar-refractivity contribution in [3.63, 3.8) is 0 Å². The minimum Gasteiger partial charge on any atom is -0.343 e. The Hall–Kier alpha value is -1.35. The lowest BCUT2D eigenvalue weighted by Crippen LogP contribution is -2.46. The Balaban J connectivity index is 1.47. The van der Waals surface area contributed by atoms with E-state index in [0.717, 1.165) is 31.8 Å². The SMILES string of the molecule is CC(C)(CC(=O)N1CCC(NCC2CC2)CC1)c1ccccc1. The van der Waals surface area contributed by atoms with Gasteiger partial charge in [0.15, 0.2) is 0 Å². The summed E-state index contributed by atoms with van der Waals surface area (Å²) in [5.74, 6) is 1.24. The predicted octanol–water partition coefficient (Wildman–Crippen LogP) is 3.34. The van der Waals surface area contributed by atoms with Crippen molar-refractivity contribution in [3.8, 4) is 0 Å². The molecule has 0 atom stereocenters. The third kappa shape index (κ3) is 4.57. The average molecular weight is 314 g/mol. The highest BCUT2D eigenvalue weighted by Crippen LogP contribution is 2.29. The van der Waals surface area contributed by atoms with Gasteiger partial charge in [0.2, 0.25) is 5.91 Å². The number of piperidine rings is 1. The fourth-order valence-corrected chi connectivity index (χ4v) is 3.47. The molecular formula is C20H30N2O. The van der Waals surface area contributed by atoms with Crippen molar-refractivity contribution in [3.05, 3.63) is 35.9 Å². The fraction of sp³-hybridized carbons (Fsp3) is 0.650. The zero-order valence-electron chi connectivity index (χ0n) is 14.6. The maximum atomic E-state index is 12.7. The van der Waals surface area contributed by atoms with E-state index < -0.39 is 0 Å². The van der Waals surface area contributed by atoms with Gasteiger partial charge in [-0.1, -0.05) is 44.2 Å². The Labute approximate surface area is 140 Å². The summed E-state index contributed by atoms with van der Waals surface area (Å²) >= 11 is 0. The van der Waals surface area contributed by atoms with Gasteiger partial charge in [-0.05, 0) is 49.1 Å². The van der Waals surface area contributed by atoms with Crippen molar-refractivity contribution < 1.29 is 4.79 Å². The van der Waals surface area contributed by atoms with Gasteiger partial charge in [0, 0.05) is 25.6 Å². The van der Waals surface area contributed by atoms with Crippen LogP contribution in [0.15, 0.2) is 30.3 Å². The second-order valence-corrected chi connectivity index (χ2v) is 7.93. The van der Waals surface area contributed by atoms with Gasteiger partial charge in [-0.2, -0.15) is 0 Å². The van der Waals surface area contributed by atoms with Crippen molar-refractivity contribution >= 4 is 5.91 Å². The summed E-state index contributed by atoms with van der Waals surface area (Å²) in [6, 6.07) is 11.0. The molecule has 1 aliphatic carbocycles. The van der Waals surface area contributed by atoms with Gasteiger partial charge >= 0.3 is 0 Å². The molecule has 0 unspecified atom stereocenters. The molecule has 1 N–H and O–H groups in total. The van der Waals surface area contributed by atoms with Crippen LogP contribution in [0.5, 0.6) is 0 Å². The molecule has 2 fully saturated rings. The Morgan fingerprint density at radius 1 is 1.13 bits per heavy atom. The largest absolute Gasteiger partial charge is 0.343 e. The number of likely N-dealkylation sites (tertiary alicyclic amines) is 1. The van der Waals surface area contributed by atoms with E-state index in [1.54, 1.807) is 0 Å². The van der Waals surface area contributed by atoms with Gasteiger partial charge in [0.05, 0.1) is 0 Å². The number of nitrogens with one attached hydrogen (secondary N) is 1. The molecule has 0 spiro atoms. The number of benzene rings is 1. The molecular weight excluding hydrogens is 284 g/mol. The van der Waals surface area contributed by atoms with Gasteiger partial charge in [0.25, 0.3) is 0 Å². The monoisotopic (exact) mass is 314 g/mol. The van der Waals surface area contributed by atoms with Crippen molar-refractivity contribution in [1.82, 2.24) is 10.2 Å². The van der Waals surface area contributed by atoms with Crippen LogP contribution >= 0.6 is 0 Å². The highest BCUT2D eigenvalue weighted by molar-refractivity contribution is 5.77. The van der Waals surface area contributed by atoms with Gasteiger partial charge in [-0.3, -0.25) is 4.79 Å². The first-order valence-corrected chi connectivity index (χ1v) is 9.11. The van der Waals surface area contributed by atoms with Crippen LogP contribution in [0.25, 0.3) is 0 Å². The Morgan fingerprint density at radius 3 is 2.39 bits per heavy atom. The van der Waals surface area contributed by atoms with Gasteiger partial charge < -0.3 is 10.2 Å². The minimum atomic E-state index is -0.0978. The molecule has 1 saturated heterocycles. The van der Waals surface area contributed by atoms with Crippen LogP contribution in [0.2, 0.25) is 0 Å². The number of rotatable bonds is 6. The first kappa shape index (κ1) is 16.5. The molecule has 3 nitrogen and oxygen atoms in total. The summed E-state index contributed by atoms with van der Waals surface area (Å²) in [5, 5.41) is 3.68. The summed E-state index contributed by atoms with van der Waals surface area (Å²) in [6.45, 7) is 7.34. The van der Waals surface area contributed by atoms with Crippen molar-refractivity contribution in [1.29, 1.82) is 0 Å². The molecule has 1 amide bonds. The first-order chi connectivity index (χ1) is 11.0. The van der Waals surface area contributed by atoms with Crippen molar-refractivity contribution in [2.75, 3.05) is 19.6 Å². The van der Waals surface area contributed by atoms with E-state index in [2.05, 4.69) is 48.3 Å². The smallest absolute Gasteiger partial charge is 0.223 e. The molecule has 1 aliphatic heterocycles. The zero-order valence-corrected chi connectivity index (χ0v) is 14.6. The molecule has 1 aromatic rings. The lowest BCUT2D eigenvalue weighted by atomic mass is 9.81. The zero-order chi connectivity index (χ0) is 16.3. The summed E-state index contributed by atoms with van der Waals surface area (Å²) in [5.41, 5.74) is 1.15. The van der Waals surface area contributed by atoms with E-state index in [0.29, 0.717) is 18.4 Å². The van der Waals surface area contributed by atoms with Crippen LogP contribution in [0, 0.1) is 5.92 Å². The highest BCUT2D eigenvalue weighted by atomic mass is 16.2. The topological polar surface area (TPSA) is 32.3 Å². The van der Waals surface area contributed by atoms with E-state index in [1.165, 1.54) is 24.9 Å². The third-order valence-corrected chi connectivity index (χ3v) is 5.39. The summed E-state index contributed by atoms with van der Waals surface area (Å²) in [4.78, 5) is 14.7. The molecule has 0 aromatic heterocycles. The molecule has 0 radical (unpaired) electrons. The molecule has 126 valence electrons. The molecule has 0 bridgehead atoms. The highest BCUT2D eigenvalue weighted by Gasteiger charge is 2.30. The van der Waals surface area contributed by atoms with E-state index in [9.17, 15) is 4.79 Å². The molecule has 1 heterocycles. The normalized spacial score (nSPS) is 19.8. The Morgan fingerprint density at radius 2 is 1.78 bits per heavy atom. The predicted molar refractivity (Wildman–Crippen MR) is 94.4 cm³/mol. The maximum Gasteiger partial charge on any atom is 0.223 e. The van der Waals surface area contributed by atoms with Crippen molar-refractivity contribution in [2.24, 2.45) is 5.92 Å². The standard InChI is InChI=1S/C20H30N2O/c1-20(2,17-6-4-3-5-7-17)14-19(23)22-12-10-18(11-13-22)21-15-16-8-9-16/h3-7,16,18,21H,8-15H2,1-2H3. The second-order valence-electron chi connectivity index (χ2n) is 7.93. The average Bonchev–Trinajstić information content (AvgIpc) is 3.38. The van der Waals surface area contributed by atoms with Crippen molar-refractivity contribution in [2.45, 2.75) is 57.4 Å². The van der Waals surface area contributed by atoms with Crippen LogP contribution in [-0.4, -0.2) is 36.5 Å². The number of carbonyl (C=O) groups is 1. The number of amides is 1. The second kappa shape index (κ2) is 7.04. The number of nitrogens with zero attached hydrogens (tertiary/aromatic N) is 1. The molecule has 1 saturated carbocycles. The van der Waals surface area contributed by atoms with E-state index in [-0.39, 0.29) is 5.41 Å². The molecule has 3 heteroatoms. The molecule has 23 heavy (non-hydrogen) atoms. The van der Waals surface area contributed by atoms with Crippen LogP contribution < -0.4 is 5.32 Å². The molecule has 2 aliphatic rings. The van der Waals surface area contributed by atoms with E-state index in [4.69, 9.17) is 0 Å². The lowest BCUT2D eigenvalue weighted by molar-refractivity contribution is -0.133. The Bertz CT molecular complexity index is 514. The third-order valence-electron chi connectivity index (χ3n) is 5.39. The van der Waals surface area contributed by atoms with E-state index in [1.807, 2.05) is 6.07 Å². The van der Waals surface area contributed by atoms with Crippen LogP contribution in [0.4, 0.5) is 0 Å². The van der Waals surface area contributed by atoms with Crippen LogP contribution in [0.1, 0.15) is 51.5 Å². The molecule has 3 rings (SSSR count). The van der Waals surface area contributed by atoms with Crippen LogP contribution in [-0.2, 0) is 10.2 Å². The summed E-state index contributed by atoms with van der Waals surface area (Å²) in [7, 11) is 0. The number of hydrogen-bond acceptors (Lipinski definition) is 2. The lowest BCUT2D eigenvalue weighted by Gasteiger charge is -2.35. The number of hydrogen-bond donors (Lipinski definition) is 1. The fourth-order valence-electron chi connectivity index (χ4n) is 3.47. The molecule has 1 aromatic carbocycles. The van der Waals surface area contributed by atoms with Gasteiger partial charge in [0.1, 0.15) is 0 Å². The maximum absolute atomic E-state index is 12.7. The number of carbonyl (C=O) groups excluding carboxylic acids is 1. The van der Waals surface area contributed by atoms with Gasteiger partial charge in [-0.15, -0.1) is 0 Å². The van der Waals surface area contributed by atoms with Crippen LogP contribution in [0.3, 0.4) is 0 Å². The van der Waals surface area contributed by atoms with E-state index >= 15 is 0 Å². The minimum absolute atomic E-state index is 0.0978. The van der Waals surface area contributed by atoms with Gasteiger partial charge in [-0.25, -0.2) is 0 Å². The quantitative estimate of drug-likeness (QED) is 0.873.